The topological polar surface area (TPSA) is 32.7 Å². The van der Waals surface area contributed by atoms with Gasteiger partial charge in [0.05, 0.1) is 17.5 Å². The van der Waals surface area contributed by atoms with Crippen LogP contribution >= 0.6 is 27.7 Å². The molecule has 0 fully saturated rings. The van der Waals surface area contributed by atoms with E-state index >= 15 is 0 Å². The molecule has 1 heterocycles. The number of nitrogens with zero attached hydrogens (tertiary/aromatic N) is 2. The molecule has 1 amide bonds. The van der Waals surface area contributed by atoms with Gasteiger partial charge < -0.3 is 0 Å². The van der Waals surface area contributed by atoms with E-state index in [-0.39, 0.29) is 11.9 Å². The van der Waals surface area contributed by atoms with Gasteiger partial charge in [0.1, 0.15) is 0 Å². The number of carbonyl (C=O) groups excluding carboxylic acids is 1. The number of thioether (sulfide) groups is 1. The van der Waals surface area contributed by atoms with Gasteiger partial charge in [0.15, 0.2) is 0 Å². The zero-order chi connectivity index (χ0) is 20.9. The van der Waals surface area contributed by atoms with Crippen molar-refractivity contribution >= 4 is 39.3 Å². The molecule has 1 unspecified atom stereocenters. The fourth-order valence-corrected chi connectivity index (χ4v) is 4.60. The molecule has 0 saturated heterocycles. The van der Waals surface area contributed by atoms with Crippen LogP contribution in [0, 0.1) is 6.92 Å². The number of hydrazone groups is 1. The second-order valence-electron chi connectivity index (χ2n) is 7.40. The van der Waals surface area contributed by atoms with Crippen molar-refractivity contribution < 1.29 is 4.79 Å². The summed E-state index contributed by atoms with van der Waals surface area (Å²) in [4.78, 5) is 13.1. The fourth-order valence-electron chi connectivity index (χ4n) is 3.50. The first-order chi connectivity index (χ1) is 14.6. The van der Waals surface area contributed by atoms with Crippen LogP contribution in [0.4, 0.5) is 0 Å². The fraction of sp³-hybridized carbons (Fsp3) is 0.200. The molecule has 0 spiro atoms. The minimum absolute atomic E-state index is 0.0496. The minimum Gasteiger partial charge on any atom is -0.272 e. The number of hydrogen-bond donors (Lipinski definition) is 0. The minimum atomic E-state index is -0.0610. The van der Waals surface area contributed by atoms with Gasteiger partial charge in [0.25, 0.3) is 5.91 Å². The van der Waals surface area contributed by atoms with Crippen molar-refractivity contribution in [2.75, 3.05) is 5.75 Å². The standard InChI is InChI=1S/C25H23BrN2OS/c1-18-7-9-21(10-8-18)24-15-23(20-11-13-22(26)14-12-20)27-28(24)25(29)17-30-16-19-5-3-2-4-6-19/h2-14,24H,15-17H2,1H3. The Morgan fingerprint density at radius 1 is 1.03 bits per heavy atom. The van der Waals surface area contributed by atoms with Gasteiger partial charge in [0.2, 0.25) is 0 Å². The highest BCUT2D eigenvalue weighted by Gasteiger charge is 2.32. The Morgan fingerprint density at radius 2 is 1.73 bits per heavy atom. The average Bonchev–Trinajstić information content (AvgIpc) is 3.21. The van der Waals surface area contributed by atoms with E-state index in [0.29, 0.717) is 5.75 Å². The molecular weight excluding hydrogens is 456 g/mol. The highest BCUT2D eigenvalue weighted by molar-refractivity contribution is 9.10. The molecule has 4 rings (SSSR count). The lowest BCUT2D eigenvalue weighted by molar-refractivity contribution is -0.130. The smallest absolute Gasteiger partial charge is 0.253 e. The molecule has 152 valence electrons. The monoisotopic (exact) mass is 478 g/mol. The first-order valence-corrected chi connectivity index (χ1v) is 11.9. The van der Waals surface area contributed by atoms with Crippen LogP contribution in [-0.2, 0) is 10.5 Å². The maximum Gasteiger partial charge on any atom is 0.253 e. The summed E-state index contributed by atoms with van der Waals surface area (Å²) in [6.45, 7) is 2.07. The molecule has 0 aromatic heterocycles. The molecule has 0 radical (unpaired) electrons. The molecule has 1 aliphatic heterocycles. The Balaban J connectivity index is 1.52. The van der Waals surface area contributed by atoms with E-state index in [1.165, 1.54) is 11.1 Å². The van der Waals surface area contributed by atoms with Crippen LogP contribution in [0.5, 0.6) is 0 Å². The van der Waals surface area contributed by atoms with Crippen molar-refractivity contribution in [1.82, 2.24) is 5.01 Å². The first-order valence-electron chi connectivity index (χ1n) is 9.94. The van der Waals surface area contributed by atoms with Crippen LogP contribution < -0.4 is 0 Å². The third-order valence-electron chi connectivity index (χ3n) is 5.14. The molecule has 3 aromatic rings. The molecule has 30 heavy (non-hydrogen) atoms. The molecular formula is C25H23BrN2OS. The second-order valence-corrected chi connectivity index (χ2v) is 9.30. The maximum absolute atomic E-state index is 13.1. The van der Waals surface area contributed by atoms with E-state index in [1.807, 2.05) is 42.5 Å². The number of hydrogen-bond acceptors (Lipinski definition) is 3. The third-order valence-corrected chi connectivity index (χ3v) is 6.66. The lowest BCUT2D eigenvalue weighted by atomic mass is 9.98. The van der Waals surface area contributed by atoms with Crippen LogP contribution in [0.3, 0.4) is 0 Å². The summed E-state index contributed by atoms with van der Waals surface area (Å²) >= 11 is 5.12. The SMILES string of the molecule is Cc1ccc(C2CC(c3ccc(Br)cc3)=NN2C(=O)CSCc2ccccc2)cc1. The lowest BCUT2D eigenvalue weighted by Crippen LogP contribution is -2.28. The predicted molar refractivity (Wildman–Crippen MR) is 129 cm³/mol. The summed E-state index contributed by atoms with van der Waals surface area (Å²) in [6.07, 6.45) is 0.722. The highest BCUT2D eigenvalue weighted by Crippen LogP contribution is 2.33. The summed E-state index contributed by atoms with van der Waals surface area (Å²) in [5.74, 6) is 1.28. The summed E-state index contributed by atoms with van der Waals surface area (Å²) < 4.78 is 1.03. The van der Waals surface area contributed by atoms with Crippen molar-refractivity contribution in [1.29, 1.82) is 0 Å². The van der Waals surface area contributed by atoms with Crippen LogP contribution in [0.25, 0.3) is 0 Å². The van der Waals surface area contributed by atoms with Gasteiger partial charge in [-0.05, 0) is 35.7 Å². The number of amides is 1. The van der Waals surface area contributed by atoms with Gasteiger partial charge in [-0.25, -0.2) is 5.01 Å². The number of rotatable bonds is 6. The van der Waals surface area contributed by atoms with Crippen LogP contribution in [0.1, 0.15) is 34.7 Å². The molecule has 5 heteroatoms. The van der Waals surface area contributed by atoms with E-state index in [4.69, 9.17) is 5.10 Å². The molecule has 0 saturated carbocycles. The largest absolute Gasteiger partial charge is 0.272 e. The Morgan fingerprint density at radius 3 is 2.43 bits per heavy atom. The van der Waals surface area contributed by atoms with E-state index in [9.17, 15) is 4.79 Å². The number of halogens is 1. The number of carbonyl (C=O) groups is 1. The first kappa shape index (κ1) is 20.9. The zero-order valence-corrected chi connectivity index (χ0v) is 19.2. The summed E-state index contributed by atoms with van der Waals surface area (Å²) in [5, 5.41) is 6.46. The van der Waals surface area contributed by atoms with E-state index < -0.39 is 0 Å². The third kappa shape index (κ3) is 5.02. The number of aryl methyl sites for hydroxylation is 1. The van der Waals surface area contributed by atoms with Crippen LogP contribution in [-0.4, -0.2) is 22.4 Å². The number of benzene rings is 3. The molecule has 0 aliphatic carbocycles. The summed E-state index contributed by atoms with van der Waals surface area (Å²) in [5.41, 5.74) is 5.57. The van der Waals surface area contributed by atoms with E-state index in [2.05, 4.69) is 59.3 Å². The Bertz CT molecular complexity index is 1030. The zero-order valence-electron chi connectivity index (χ0n) is 16.8. The van der Waals surface area contributed by atoms with Gasteiger partial charge in [-0.15, -0.1) is 11.8 Å². The maximum atomic E-state index is 13.1. The molecule has 3 nitrogen and oxygen atoms in total. The molecule has 3 aromatic carbocycles. The molecule has 0 N–H and O–H groups in total. The highest BCUT2D eigenvalue weighted by atomic mass is 79.9. The molecule has 0 bridgehead atoms. The Labute approximate surface area is 190 Å². The summed E-state index contributed by atoms with van der Waals surface area (Å²) in [7, 11) is 0. The van der Waals surface area contributed by atoms with Gasteiger partial charge in [-0.2, -0.15) is 5.10 Å². The molecule has 1 aliphatic rings. The van der Waals surface area contributed by atoms with Gasteiger partial charge in [0, 0.05) is 16.6 Å². The second kappa shape index (κ2) is 9.63. The van der Waals surface area contributed by atoms with Crippen molar-refractivity contribution in [2.45, 2.75) is 25.1 Å². The van der Waals surface area contributed by atoms with Gasteiger partial charge >= 0.3 is 0 Å². The van der Waals surface area contributed by atoms with Crippen molar-refractivity contribution in [3.63, 3.8) is 0 Å². The quantitative estimate of drug-likeness (QED) is 0.412. The van der Waals surface area contributed by atoms with E-state index in [1.54, 1.807) is 16.8 Å². The van der Waals surface area contributed by atoms with Crippen LogP contribution in [0.2, 0.25) is 0 Å². The van der Waals surface area contributed by atoms with Gasteiger partial charge in [-0.1, -0.05) is 88.2 Å². The van der Waals surface area contributed by atoms with Crippen LogP contribution in [0.15, 0.2) is 88.4 Å². The van der Waals surface area contributed by atoms with Gasteiger partial charge in [-0.3, -0.25) is 4.79 Å². The summed E-state index contributed by atoms with van der Waals surface area (Å²) in [6, 6.07) is 26.7. The average molecular weight is 479 g/mol. The predicted octanol–water partition coefficient (Wildman–Crippen LogP) is 6.37. The Kier molecular flexibility index (Phi) is 6.70. The van der Waals surface area contributed by atoms with Crippen molar-refractivity contribution in [2.24, 2.45) is 5.10 Å². The lowest BCUT2D eigenvalue weighted by Gasteiger charge is -2.22. The molecule has 1 atom stereocenters. The Hall–Kier alpha value is -2.37. The van der Waals surface area contributed by atoms with Crippen molar-refractivity contribution in [3.05, 3.63) is 106 Å². The van der Waals surface area contributed by atoms with E-state index in [0.717, 1.165) is 33.5 Å². The van der Waals surface area contributed by atoms with Crippen molar-refractivity contribution in [3.8, 4) is 0 Å². The normalized spacial score (nSPS) is 15.9.